The molecule has 0 aliphatic carbocycles. The highest BCUT2D eigenvalue weighted by molar-refractivity contribution is 5.96. The summed E-state index contributed by atoms with van der Waals surface area (Å²) < 4.78 is 4.95. The van der Waals surface area contributed by atoms with Crippen LogP contribution in [-0.2, 0) is 14.3 Å². The van der Waals surface area contributed by atoms with Gasteiger partial charge in [0.1, 0.15) is 0 Å². The normalized spacial score (nSPS) is 10.5. The number of benzene rings is 2. The summed E-state index contributed by atoms with van der Waals surface area (Å²) in [6.45, 7) is 5.21. The minimum Gasteiger partial charge on any atom is -0.385 e. The fourth-order valence-corrected chi connectivity index (χ4v) is 2.87. The SMILES string of the molecule is COCCCNC(=O)c1ccc(NC(=O)CNc2ccc(NC(=O)CC(C)C)cc2)cc1. The number of anilines is 3. The van der Waals surface area contributed by atoms with Crippen molar-refractivity contribution in [2.24, 2.45) is 5.92 Å². The fourth-order valence-electron chi connectivity index (χ4n) is 2.87. The lowest BCUT2D eigenvalue weighted by Gasteiger charge is -2.10. The highest BCUT2D eigenvalue weighted by atomic mass is 16.5. The van der Waals surface area contributed by atoms with Gasteiger partial charge < -0.3 is 26.0 Å². The number of rotatable bonds is 12. The largest absolute Gasteiger partial charge is 0.385 e. The second-order valence-corrected chi connectivity index (χ2v) is 7.80. The third-order valence-corrected chi connectivity index (χ3v) is 4.46. The Balaban J connectivity index is 1.75. The van der Waals surface area contributed by atoms with Gasteiger partial charge in [0.05, 0.1) is 6.54 Å². The second-order valence-electron chi connectivity index (χ2n) is 7.80. The number of hydrogen-bond acceptors (Lipinski definition) is 5. The van der Waals surface area contributed by atoms with Crippen molar-refractivity contribution in [3.63, 3.8) is 0 Å². The predicted molar refractivity (Wildman–Crippen MR) is 127 cm³/mol. The van der Waals surface area contributed by atoms with E-state index in [0.29, 0.717) is 42.4 Å². The number of methoxy groups -OCH3 is 1. The molecule has 0 saturated heterocycles. The Morgan fingerprint density at radius 3 is 2.00 bits per heavy atom. The van der Waals surface area contributed by atoms with Gasteiger partial charge in [0.25, 0.3) is 5.91 Å². The van der Waals surface area contributed by atoms with E-state index in [2.05, 4.69) is 21.3 Å². The monoisotopic (exact) mass is 440 g/mol. The van der Waals surface area contributed by atoms with Crippen molar-refractivity contribution in [2.45, 2.75) is 26.7 Å². The molecule has 0 aliphatic heterocycles. The lowest BCUT2D eigenvalue weighted by Crippen LogP contribution is -2.25. The third-order valence-electron chi connectivity index (χ3n) is 4.46. The van der Waals surface area contributed by atoms with Gasteiger partial charge in [-0.25, -0.2) is 0 Å². The van der Waals surface area contributed by atoms with Gasteiger partial charge in [0, 0.05) is 49.3 Å². The Labute approximate surface area is 189 Å². The van der Waals surface area contributed by atoms with Crippen LogP contribution >= 0.6 is 0 Å². The molecule has 2 rings (SSSR count). The molecule has 0 aromatic heterocycles. The Hall–Kier alpha value is -3.39. The third kappa shape index (κ3) is 9.18. The van der Waals surface area contributed by atoms with Crippen molar-refractivity contribution in [1.82, 2.24) is 5.32 Å². The van der Waals surface area contributed by atoms with E-state index in [1.165, 1.54) is 0 Å². The van der Waals surface area contributed by atoms with Gasteiger partial charge in [-0.15, -0.1) is 0 Å². The van der Waals surface area contributed by atoms with Crippen LogP contribution in [0.25, 0.3) is 0 Å². The smallest absolute Gasteiger partial charge is 0.251 e. The summed E-state index contributed by atoms with van der Waals surface area (Å²) in [5, 5.41) is 11.5. The number of nitrogens with one attached hydrogen (secondary N) is 4. The zero-order chi connectivity index (χ0) is 23.3. The van der Waals surface area contributed by atoms with E-state index in [0.717, 1.165) is 12.1 Å². The molecule has 0 unspecified atom stereocenters. The second kappa shape index (κ2) is 13.1. The molecule has 32 heavy (non-hydrogen) atoms. The van der Waals surface area contributed by atoms with Crippen molar-refractivity contribution < 1.29 is 19.1 Å². The number of amides is 3. The first-order chi connectivity index (χ1) is 15.4. The molecule has 0 spiro atoms. The van der Waals surface area contributed by atoms with Crippen LogP contribution in [0, 0.1) is 5.92 Å². The molecule has 0 radical (unpaired) electrons. The molecular weight excluding hydrogens is 408 g/mol. The summed E-state index contributed by atoms with van der Waals surface area (Å²) in [6.07, 6.45) is 1.22. The van der Waals surface area contributed by atoms with Gasteiger partial charge in [0.2, 0.25) is 11.8 Å². The Morgan fingerprint density at radius 1 is 0.844 bits per heavy atom. The molecule has 2 aromatic carbocycles. The van der Waals surface area contributed by atoms with Crippen LogP contribution in [0.4, 0.5) is 17.1 Å². The van der Waals surface area contributed by atoms with E-state index in [4.69, 9.17) is 4.74 Å². The van der Waals surface area contributed by atoms with Crippen LogP contribution in [0.15, 0.2) is 48.5 Å². The molecule has 0 atom stereocenters. The Morgan fingerprint density at radius 2 is 1.41 bits per heavy atom. The van der Waals surface area contributed by atoms with Crippen LogP contribution in [0.3, 0.4) is 0 Å². The van der Waals surface area contributed by atoms with Crippen molar-refractivity contribution >= 4 is 34.8 Å². The van der Waals surface area contributed by atoms with Gasteiger partial charge in [-0.2, -0.15) is 0 Å². The van der Waals surface area contributed by atoms with Gasteiger partial charge in [-0.1, -0.05) is 13.8 Å². The highest BCUT2D eigenvalue weighted by Crippen LogP contribution is 2.15. The average Bonchev–Trinajstić information content (AvgIpc) is 2.76. The number of hydrogen-bond donors (Lipinski definition) is 4. The average molecular weight is 441 g/mol. The lowest BCUT2D eigenvalue weighted by molar-refractivity contribution is -0.117. The summed E-state index contributed by atoms with van der Waals surface area (Å²) in [7, 11) is 1.62. The first-order valence-corrected chi connectivity index (χ1v) is 10.7. The van der Waals surface area contributed by atoms with E-state index >= 15 is 0 Å². The zero-order valence-corrected chi connectivity index (χ0v) is 18.9. The molecule has 8 nitrogen and oxygen atoms in total. The van der Waals surface area contributed by atoms with Crippen LogP contribution < -0.4 is 21.3 Å². The highest BCUT2D eigenvalue weighted by Gasteiger charge is 2.08. The van der Waals surface area contributed by atoms with E-state index < -0.39 is 0 Å². The Bertz CT molecular complexity index is 880. The maximum absolute atomic E-state index is 12.2. The minimum absolute atomic E-state index is 0.0188. The number of carbonyl (C=O) groups excluding carboxylic acids is 3. The van der Waals surface area contributed by atoms with Crippen LogP contribution in [0.1, 0.15) is 37.0 Å². The molecule has 0 saturated carbocycles. The molecule has 4 N–H and O–H groups in total. The van der Waals surface area contributed by atoms with Crippen LogP contribution in [-0.4, -0.2) is 44.5 Å². The van der Waals surface area contributed by atoms with Crippen molar-refractivity contribution in [3.8, 4) is 0 Å². The molecule has 2 aromatic rings. The summed E-state index contributed by atoms with van der Waals surface area (Å²) in [5.74, 6) is -0.0934. The van der Waals surface area contributed by atoms with Gasteiger partial charge in [-0.05, 0) is 60.9 Å². The predicted octanol–water partition coefficient (Wildman–Crippen LogP) is 3.49. The summed E-state index contributed by atoms with van der Waals surface area (Å²) in [4.78, 5) is 36.1. The van der Waals surface area contributed by atoms with E-state index in [1.54, 1.807) is 55.6 Å². The molecule has 0 bridgehead atoms. The molecule has 0 heterocycles. The minimum atomic E-state index is -0.212. The van der Waals surface area contributed by atoms with Crippen molar-refractivity contribution in [2.75, 3.05) is 42.8 Å². The van der Waals surface area contributed by atoms with E-state index in [1.807, 2.05) is 13.8 Å². The summed E-state index contributed by atoms with van der Waals surface area (Å²) in [6, 6.07) is 13.9. The molecule has 8 heteroatoms. The fraction of sp³-hybridized carbons (Fsp3) is 0.375. The topological polar surface area (TPSA) is 109 Å². The van der Waals surface area contributed by atoms with Crippen molar-refractivity contribution in [1.29, 1.82) is 0 Å². The maximum atomic E-state index is 12.2. The van der Waals surface area contributed by atoms with E-state index in [9.17, 15) is 14.4 Å². The van der Waals surface area contributed by atoms with Gasteiger partial charge in [-0.3, -0.25) is 14.4 Å². The first kappa shape index (κ1) is 24.9. The Kier molecular flexibility index (Phi) is 10.2. The molecule has 3 amide bonds. The molecule has 172 valence electrons. The standard InChI is InChI=1S/C24H32N4O4/c1-17(2)15-22(29)27-21-11-9-19(10-12-21)26-16-23(30)28-20-7-5-18(6-8-20)24(31)25-13-4-14-32-3/h5-12,17,26H,4,13-16H2,1-3H3,(H,25,31)(H,27,29)(H,28,30). The quantitative estimate of drug-likeness (QED) is 0.378. The van der Waals surface area contributed by atoms with Gasteiger partial charge in [0.15, 0.2) is 0 Å². The lowest BCUT2D eigenvalue weighted by atomic mass is 10.1. The number of ether oxygens (including phenoxy) is 1. The zero-order valence-electron chi connectivity index (χ0n) is 18.9. The molecular formula is C24H32N4O4. The van der Waals surface area contributed by atoms with Gasteiger partial charge >= 0.3 is 0 Å². The summed E-state index contributed by atoms with van der Waals surface area (Å²) in [5.41, 5.74) is 2.62. The maximum Gasteiger partial charge on any atom is 0.251 e. The van der Waals surface area contributed by atoms with Crippen LogP contribution in [0.5, 0.6) is 0 Å². The molecule has 0 fully saturated rings. The van der Waals surface area contributed by atoms with Crippen LogP contribution in [0.2, 0.25) is 0 Å². The summed E-state index contributed by atoms with van der Waals surface area (Å²) >= 11 is 0. The van der Waals surface area contributed by atoms with E-state index in [-0.39, 0.29) is 24.3 Å². The first-order valence-electron chi connectivity index (χ1n) is 10.7. The molecule has 0 aliphatic rings. The number of carbonyl (C=O) groups is 3. The van der Waals surface area contributed by atoms with Crippen molar-refractivity contribution in [3.05, 3.63) is 54.1 Å².